The summed E-state index contributed by atoms with van der Waals surface area (Å²) in [6.07, 6.45) is 1.06. The Balaban J connectivity index is 1.92. The lowest BCUT2D eigenvalue weighted by Gasteiger charge is -2.47. The van der Waals surface area contributed by atoms with Crippen LogP contribution in [0.25, 0.3) is 0 Å². The number of nitrogens with zero attached hydrogens (tertiary/aromatic N) is 1. The van der Waals surface area contributed by atoms with Crippen molar-refractivity contribution in [2.24, 2.45) is 0 Å². The Labute approximate surface area is 130 Å². The fourth-order valence-corrected chi connectivity index (χ4v) is 2.91. The number of rotatable bonds is 5. The summed E-state index contributed by atoms with van der Waals surface area (Å²) < 4.78 is 5.72. The van der Waals surface area contributed by atoms with Crippen molar-refractivity contribution in [1.29, 1.82) is 0 Å². The highest BCUT2D eigenvalue weighted by Crippen LogP contribution is 2.28. The van der Waals surface area contributed by atoms with Gasteiger partial charge in [-0.25, -0.2) is 0 Å². The Kier molecular flexibility index (Phi) is 4.79. The topological polar surface area (TPSA) is 49.8 Å². The minimum absolute atomic E-state index is 0.0925. The highest BCUT2D eigenvalue weighted by Gasteiger charge is 2.44. The van der Waals surface area contributed by atoms with Crippen LogP contribution in [0.15, 0.2) is 18.2 Å². The number of aliphatic hydroxyl groups is 1. The maximum Gasteiger partial charge on any atom is 0.263 e. The standard InChI is InChI=1S/C16H22ClNO3/c1-4-7-16(20)9-18(10-16)15(19)12(3)21-14-6-5-13(17)8-11(14)2/h5-6,8,12,20H,4,7,9-10H2,1-3H3. The van der Waals surface area contributed by atoms with Gasteiger partial charge in [0.15, 0.2) is 6.10 Å². The van der Waals surface area contributed by atoms with E-state index in [2.05, 4.69) is 0 Å². The molecule has 4 nitrogen and oxygen atoms in total. The van der Waals surface area contributed by atoms with Crippen LogP contribution in [0.4, 0.5) is 0 Å². The molecule has 0 saturated carbocycles. The van der Waals surface area contributed by atoms with Gasteiger partial charge < -0.3 is 14.7 Å². The van der Waals surface area contributed by atoms with Gasteiger partial charge in [0.25, 0.3) is 5.91 Å². The van der Waals surface area contributed by atoms with E-state index in [0.29, 0.717) is 23.9 Å². The molecule has 0 bridgehead atoms. The van der Waals surface area contributed by atoms with Crippen LogP contribution in [-0.2, 0) is 4.79 Å². The van der Waals surface area contributed by atoms with Crippen LogP contribution in [-0.4, -0.2) is 40.7 Å². The molecule has 1 atom stereocenters. The highest BCUT2D eigenvalue weighted by molar-refractivity contribution is 6.30. The van der Waals surface area contributed by atoms with Gasteiger partial charge in [0.2, 0.25) is 0 Å². The third-order valence-electron chi connectivity index (χ3n) is 3.79. The van der Waals surface area contributed by atoms with Gasteiger partial charge in [-0.1, -0.05) is 24.9 Å². The Morgan fingerprint density at radius 3 is 2.76 bits per heavy atom. The van der Waals surface area contributed by atoms with Crippen LogP contribution in [0.3, 0.4) is 0 Å². The second-order valence-corrected chi connectivity index (χ2v) is 6.27. The highest BCUT2D eigenvalue weighted by atomic mass is 35.5. The maximum atomic E-state index is 12.3. The van der Waals surface area contributed by atoms with Gasteiger partial charge in [-0.3, -0.25) is 4.79 Å². The number of benzene rings is 1. The molecule has 1 N–H and O–H groups in total. The molecule has 1 amide bonds. The van der Waals surface area contributed by atoms with E-state index in [4.69, 9.17) is 16.3 Å². The van der Waals surface area contributed by atoms with Gasteiger partial charge >= 0.3 is 0 Å². The average Bonchev–Trinajstić information content (AvgIpc) is 2.38. The van der Waals surface area contributed by atoms with Crippen LogP contribution < -0.4 is 4.74 Å². The van der Waals surface area contributed by atoms with Crippen LogP contribution in [0.5, 0.6) is 5.75 Å². The average molecular weight is 312 g/mol. The molecule has 5 heteroatoms. The van der Waals surface area contributed by atoms with Crippen LogP contribution >= 0.6 is 11.6 Å². The zero-order valence-electron chi connectivity index (χ0n) is 12.7. The first-order valence-corrected chi connectivity index (χ1v) is 7.66. The number of β-amino-alcohol motifs (C(OH)–C–C–N with tert-alkyl or cyclic N) is 1. The van der Waals surface area contributed by atoms with Crippen molar-refractivity contribution >= 4 is 17.5 Å². The molecule has 1 fully saturated rings. The number of ether oxygens (including phenoxy) is 1. The third-order valence-corrected chi connectivity index (χ3v) is 4.02. The number of carbonyl (C=O) groups excluding carboxylic acids is 1. The monoisotopic (exact) mass is 311 g/mol. The molecule has 1 aliphatic heterocycles. The van der Waals surface area contributed by atoms with E-state index < -0.39 is 11.7 Å². The minimum Gasteiger partial charge on any atom is -0.481 e. The van der Waals surface area contributed by atoms with Crippen LogP contribution in [0, 0.1) is 6.92 Å². The smallest absolute Gasteiger partial charge is 0.263 e. The summed E-state index contributed by atoms with van der Waals surface area (Å²) in [5.74, 6) is 0.565. The zero-order valence-corrected chi connectivity index (χ0v) is 13.5. The van der Waals surface area contributed by atoms with E-state index in [0.717, 1.165) is 18.4 Å². The van der Waals surface area contributed by atoms with Gasteiger partial charge in [0.1, 0.15) is 5.75 Å². The summed E-state index contributed by atoms with van der Waals surface area (Å²) in [7, 11) is 0. The number of halogens is 1. The van der Waals surface area contributed by atoms with Crippen molar-refractivity contribution in [2.75, 3.05) is 13.1 Å². The third kappa shape index (κ3) is 3.69. The molecule has 0 aliphatic carbocycles. The molecular formula is C16H22ClNO3. The fourth-order valence-electron chi connectivity index (χ4n) is 2.69. The molecule has 116 valence electrons. The molecule has 1 aliphatic rings. The minimum atomic E-state index is -0.708. The maximum absolute atomic E-state index is 12.3. The molecular weight excluding hydrogens is 290 g/mol. The largest absolute Gasteiger partial charge is 0.481 e. The summed E-state index contributed by atoms with van der Waals surface area (Å²) in [5, 5.41) is 10.8. The van der Waals surface area contributed by atoms with E-state index in [1.165, 1.54) is 0 Å². The summed E-state index contributed by atoms with van der Waals surface area (Å²) in [5.41, 5.74) is 0.189. The summed E-state index contributed by atoms with van der Waals surface area (Å²) in [6.45, 7) is 6.44. The summed E-state index contributed by atoms with van der Waals surface area (Å²) in [6, 6.07) is 5.31. The number of carbonyl (C=O) groups is 1. The first-order valence-electron chi connectivity index (χ1n) is 7.28. The number of amides is 1. The molecule has 21 heavy (non-hydrogen) atoms. The van der Waals surface area contributed by atoms with Gasteiger partial charge in [-0.15, -0.1) is 0 Å². The molecule has 1 aromatic rings. The second kappa shape index (κ2) is 6.24. The van der Waals surface area contributed by atoms with Crippen LogP contribution in [0.1, 0.15) is 32.3 Å². The molecule has 0 spiro atoms. The fraction of sp³-hybridized carbons (Fsp3) is 0.562. The van der Waals surface area contributed by atoms with Crippen molar-refractivity contribution < 1.29 is 14.6 Å². The summed E-state index contributed by atoms with van der Waals surface area (Å²) in [4.78, 5) is 13.9. The SMILES string of the molecule is CCCC1(O)CN(C(=O)C(C)Oc2ccc(Cl)cc2C)C1. The van der Waals surface area contributed by atoms with E-state index in [-0.39, 0.29) is 5.91 Å². The lowest BCUT2D eigenvalue weighted by atomic mass is 9.89. The van der Waals surface area contributed by atoms with E-state index in [1.54, 1.807) is 30.0 Å². The summed E-state index contributed by atoms with van der Waals surface area (Å²) >= 11 is 5.90. The molecule has 1 saturated heterocycles. The van der Waals surface area contributed by atoms with E-state index >= 15 is 0 Å². The van der Waals surface area contributed by atoms with Crippen molar-refractivity contribution in [3.8, 4) is 5.75 Å². The van der Waals surface area contributed by atoms with E-state index in [9.17, 15) is 9.90 Å². The molecule has 1 heterocycles. The lowest BCUT2D eigenvalue weighted by Crippen LogP contribution is -2.65. The predicted octanol–water partition coefficient (Wildman–Crippen LogP) is 2.79. The first-order chi connectivity index (χ1) is 9.84. The molecule has 0 radical (unpaired) electrons. The van der Waals surface area contributed by atoms with Crippen molar-refractivity contribution in [3.05, 3.63) is 28.8 Å². The van der Waals surface area contributed by atoms with Gasteiger partial charge in [-0.2, -0.15) is 0 Å². The molecule has 1 aromatic carbocycles. The molecule has 1 unspecified atom stereocenters. The van der Waals surface area contributed by atoms with Crippen molar-refractivity contribution in [2.45, 2.75) is 45.3 Å². The van der Waals surface area contributed by atoms with Gasteiger partial charge in [0.05, 0.1) is 18.7 Å². The second-order valence-electron chi connectivity index (χ2n) is 5.84. The molecule has 0 aromatic heterocycles. The predicted molar refractivity (Wildman–Crippen MR) is 82.7 cm³/mol. The number of hydrogen-bond donors (Lipinski definition) is 1. The van der Waals surface area contributed by atoms with Gasteiger partial charge in [-0.05, 0) is 44.0 Å². The zero-order chi connectivity index (χ0) is 15.6. The van der Waals surface area contributed by atoms with Crippen molar-refractivity contribution in [1.82, 2.24) is 4.90 Å². The van der Waals surface area contributed by atoms with Crippen molar-refractivity contribution in [3.63, 3.8) is 0 Å². The molecule has 2 rings (SSSR count). The normalized spacial score (nSPS) is 18.0. The Morgan fingerprint density at radius 2 is 2.19 bits per heavy atom. The number of aryl methyl sites for hydroxylation is 1. The number of hydrogen-bond acceptors (Lipinski definition) is 3. The quantitative estimate of drug-likeness (QED) is 0.909. The van der Waals surface area contributed by atoms with Gasteiger partial charge in [0, 0.05) is 5.02 Å². The Morgan fingerprint density at radius 1 is 1.52 bits per heavy atom. The number of likely N-dealkylation sites (tertiary alicyclic amines) is 1. The Bertz CT molecular complexity index is 526. The van der Waals surface area contributed by atoms with E-state index in [1.807, 2.05) is 13.8 Å². The first kappa shape index (κ1) is 16.1. The lowest BCUT2D eigenvalue weighted by molar-refractivity contribution is -0.162. The van der Waals surface area contributed by atoms with Crippen LogP contribution in [0.2, 0.25) is 5.02 Å². The Hall–Kier alpha value is -1.26.